The molecule has 0 bridgehead atoms. The second kappa shape index (κ2) is 12.4. The normalized spacial score (nSPS) is 11.2. The van der Waals surface area contributed by atoms with Crippen molar-refractivity contribution in [2.24, 2.45) is 0 Å². The third kappa shape index (κ3) is 12.4. The molecule has 0 atom stereocenters. The van der Waals surface area contributed by atoms with E-state index in [-0.39, 0.29) is 0 Å². The molecular formula is C11H21IO. The molecule has 0 spiro atoms. The van der Waals surface area contributed by atoms with E-state index in [1.807, 2.05) is 0 Å². The van der Waals surface area contributed by atoms with Gasteiger partial charge in [-0.2, -0.15) is 0 Å². The minimum Gasteiger partial charge on any atom is -0.396 e. The van der Waals surface area contributed by atoms with Gasteiger partial charge in [0, 0.05) is 6.61 Å². The lowest BCUT2D eigenvalue weighted by Crippen LogP contribution is -1.83. The molecule has 78 valence electrons. The Morgan fingerprint density at radius 1 is 0.846 bits per heavy atom. The SMILES string of the molecule is OCCCCCCCCCC=CI. The van der Waals surface area contributed by atoms with Gasteiger partial charge in [0.05, 0.1) is 0 Å². The van der Waals surface area contributed by atoms with Gasteiger partial charge in [-0.1, -0.05) is 60.8 Å². The van der Waals surface area contributed by atoms with Gasteiger partial charge in [0.25, 0.3) is 0 Å². The van der Waals surface area contributed by atoms with Crippen molar-refractivity contribution in [3.05, 3.63) is 10.2 Å². The molecule has 0 saturated heterocycles. The highest BCUT2D eigenvalue weighted by Crippen LogP contribution is 2.08. The summed E-state index contributed by atoms with van der Waals surface area (Å²) in [5.74, 6) is 0. The lowest BCUT2D eigenvalue weighted by molar-refractivity contribution is 0.282. The Morgan fingerprint density at radius 2 is 1.38 bits per heavy atom. The Labute approximate surface area is 95.8 Å². The number of unbranched alkanes of at least 4 members (excludes halogenated alkanes) is 7. The van der Waals surface area contributed by atoms with E-state index in [0.717, 1.165) is 6.42 Å². The van der Waals surface area contributed by atoms with Crippen LogP contribution in [0.1, 0.15) is 51.4 Å². The second-order valence-electron chi connectivity index (χ2n) is 3.35. The topological polar surface area (TPSA) is 20.2 Å². The van der Waals surface area contributed by atoms with E-state index >= 15 is 0 Å². The zero-order valence-electron chi connectivity index (χ0n) is 8.34. The van der Waals surface area contributed by atoms with Crippen molar-refractivity contribution in [3.8, 4) is 0 Å². The molecule has 0 aliphatic rings. The maximum absolute atomic E-state index is 8.56. The largest absolute Gasteiger partial charge is 0.396 e. The van der Waals surface area contributed by atoms with Crippen LogP contribution in [-0.2, 0) is 0 Å². The molecule has 0 aromatic rings. The Balaban J connectivity index is 2.83. The standard InChI is InChI=1S/C11H21IO/c12-10-8-6-4-2-1-3-5-7-9-11-13/h8,10,13H,1-7,9,11H2. The summed E-state index contributed by atoms with van der Waals surface area (Å²) in [6.45, 7) is 0.362. The highest BCUT2D eigenvalue weighted by atomic mass is 127. The van der Waals surface area contributed by atoms with Gasteiger partial charge >= 0.3 is 0 Å². The van der Waals surface area contributed by atoms with E-state index in [0.29, 0.717) is 6.61 Å². The quantitative estimate of drug-likeness (QED) is 0.503. The van der Waals surface area contributed by atoms with Gasteiger partial charge < -0.3 is 5.11 Å². The maximum Gasteiger partial charge on any atom is 0.0431 e. The summed E-state index contributed by atoms with van der Waals surface area (Å²) in [5.41, 5.74) is 0. The molecule has 0 aliphatic carbocycles. The minimum absolute atomic E-state index is 0.362. The smallest absolute Gasteiger partial charge is 0.0431 e. The predicted octanol–water partition coefficient (Wildman–Crippen LogP) is 4.05. The molecule has 0 unspecified atom stereocenters. The summed E-state index contributed by atoms with van der Waals surface area (Å²) in [4.78, 5) is 0. The zero-order chi connectivity index (χ0) is 9.78. The van der Waals surface area contributed by atoms with Crippen molar-refractivity contribution >= 4 is 22.6 Å². The van der Waals surface area contributed by atoms with Crippen molar-refractivity contribution in [1.82, 2.24) is 0 Å². The van der Waals surface area contributed by atoms with Crippen LogP contribution < -0.4 is 0 Å². The molecule has 0 fully saturated rings. The first-order valence-corrected chi connectivity index (χ1v) is 6.52. The molecule has 13 heavy (non-hydrogen) atoms. The number of hydrogen-bond acceptors (Lipinski definition) is 1. The summed E-state index contributed by atoms with van der Waals surface area (Å²) in [6, 6.07) is 0. The van der Waals surface area contributed by atoms with Gasteiger partial charge in [0.2, 0.25) is 0 Å². The third-order valence-corrected chi connectivity index (χ3v) is 2.63. The molecule has 1 N–H and O–H groups in total. The average molecular weight is 296 g/mol. The van der Waals surface area contributed by atoms with Crippen molar-refractivity contribution in [2.45, 2.75) is 51.4 Å². The van der Waals surface area contributed by atoms with Gasteiger partial charge in [0.1, 0.15) is 0 Å². The molecule has 0 rings (SSSR count). The number of aliphatic hydroxyl groups is 1. The summed E-state index contributed by atoms with van der Waals surface area (Å²) in [7, 11) is 0. The van der Waals surface area contributed by atoms with E-state index in [9.17, 15) is 0 Å². The number of aliphatic hydroxyl groups excluding tert-OH is 1. The van der Waals surface area contributed by atoms with Gasteiger partial charge in [-0.15, -0.1) is 0 Å². The Morgan fingerprint density at radius 3 is 1.92 bits per heavy atom. The fourth-order valence-electron chi connectivity index (χ4n) is 1.32. The Bertz CT molecular complexity index is 113. The summed E-state index contributed by atoms with van der Waals surface area (Å²) in [5, 5.41) is 8.56. The van der Waals surface area contributed by atoms with E-state index in [1.54, 1.807) is 0 Å². The Hall–Kier alpha value is 0.430. The molecule has 0 heterocycles. The predicted molar refractivity (Wildman–Crippen MR) is 67.2 cm³/mol. The molecule has 0 aromatic heterocycles. The fraction of sp³-hybridized carbons (Fsp3) is 0.818. The number of rotatable bonds is 9. The molecular weight excluding hydrogens is 275 g/mol. The fourth-order valence-corrected chi connectivity index (χ4v) is 1.68. The monoisotopic (exact) mass is 296 g/mol. The first-order chi connectivity index (χ1) is 6.41. The van der Waals surface area contributed by atoms with E-state index in [2.05, 4.69) is 32.7 Å². The van der Waals surface area contributed by atoms with Crippen molar-refractivity contribution < 1.29 is 5.11 Å². The van der Waals surface area contributed by atoms with Crippen LogP contribution in [0.3, 0.4) is 0 Å². The number of halogens is 1. The van der Waals surface area contributed by atoms with Crippen molar-refractivity contribution in [1.29, 1.82) is 0 Å². The molecule has 2 heteroatoms. The molecule has 0 aliphatic heterocycles. The summed E-state index contributed by atoms with van der Waals surface area (Å²) in [6.07, 6.45) is 12.3. The highest BCUT2D eigenvalue weighted by Gasteiger charge is 1.90. The number of hydrogen-bond donors (Lipinski definition) is 1. The third-order valence-electron chi connectivity index (χ3n) is 2.12. The molecule has 0 aromatic carbocycles. The van der Waals surface area contributed by atoms with Crippen LogP contribution in [0.4, 0.5) is 0 Å². The lowest BCUT2D eigenvalue weighted by Gasteiger charge is -1.99. The van der Waals surface area contributed by atoms with Crippen LogP contribution in [0.15, 0.2) is 10.2 Å². The van der Waals surface area contributed by atoms with Crippen LogP contribution in [0, 0.1) is 0 Å². The van der Waals surface area contributed by atoms with E-state index in [1.165, 1.54) is 44.9 Å². The van der Waals surface area contributed by atoms with E-state index in [4.69, 9.17) is 5.11 Å². The zero-order valence-corrected chi connectivity index (χ0v) is 10.5. The van der Waals surface area contributed by atoms with Gasteiger partial charge in [-0.25, -0.2) is 0 Å². The summed E-state index contributed by atoms with van der Waals surface area (Å²) >= 11 is 2.27. The molecule has 1 nitrogen and oxygen atoms in total. The van der Waals surface area contributed by atoms with Crippen LogP contribution in [-0.4, -0.2) is 11.7 Å². The minimum atomic E-state index is 0.362. The van der Waals surface area contributed by atoms with E-state index < -0.39 is 0 Å². The Kier molecular flexibility index (Phi) is 12.8. The van der Waals surface area contributed by atoms with Crippen molar-refractivity contribution in [2.75, 3.05) is 6.61 Å². The highest BCUT2D eigenvalue weighted by molar-refractivity contribution is 14.1. The number of allylic oxidation sites excluding steroid dienone is 1. The van der Waals surface area contributed by atoms with Crippen molar-refractivity contribution in [3.63, 3.8) is 0 Å². The molecule has 0 radical (unpaired) electrons. The second-order valence-corrected chi connectivity index (χ2v) is 4.07. The van der Waals surface area contributed by atoms with Crippen LogP contribution in [0.2, 0.25) is 0 Å². The average Bonchev–Trinajstić information content (AvgIpc) is 2.16. The van der Waals surface area contributed by atoms with Gasteiger partial charge in [-0.05, 0) is 23.3 Å². The van der Waals surface area contributed by atoms with Crippen LogP contribution in [0.25, 0.3) is 0 Å². The van der Waals surface area contributed by atoms with Crippen LogP contribution in [0.5, 0.6) is 0 Å². The molecule has 0 saturated carbocycles. The molecule has 0 amide bonds. The van der Waals surface area contributed by atoms with Gasteiger partial charge in [0.15, 0.2) is 0 Å². The lowest BCUT2D eigenvalue weighted by atomic mass is 10.1. The first kappa shape index (κ1) is 13.4. The van der Waals surface area contributed by atoms with Gasteiger partial charge in [-0.3, -0.25) is 0 Å². The van der Waals surface area contributed by atoms with Crippen LogP contribution >= 0.6 is 22.6 Å². The summed E-state index contributed by atoms with van der Waals surface area (Å²) < 4.78 is 2.10. The maximum atomic E-state index is 8.56. The first-order valence-electron chi connectivity index (χ1n) is 5.28.